The number of morpholine rings is 1. The zero-order chi connectivity index (χ0) is 24.5. The van der Waals surface area contributed by atoms with Crippen LogP contribution in [0.15, 0.2) is 23.2 Å². The molecule has 5 aliphatic rings. The maximum atomic E-state index is 14.2. The van der Waals surface area contributed by atoms with Crippen molar-refractivity contribution >= 4 is 9.84 Å². The van der Waals surface area contributed by atoms with E-state index in [1.54, 1.807) is 13.2 Å². The van der Waals surface area contributed by atoms with Crippen molar-refractivity contribution in [1.82, 2.24) is 4.90 Å². The normalized spacial score (nSPS) is 43.9. The van der Waals surface area contributed by atoms with Gasteiger partial charge in [0.2, 0.25) is 0 Å². The lowest BCUT2D eigenvalue weighted by Gasteiger charge is -2.66. The van der Waals surface area contributed by atoms with E-state index in [0.29, 0.717) is 37.0 Å². The SMILES string of the molecule is COC1=CC(O)=C(CN2CCOCC2)C2C1[C@]1(C)CC[C@H]3C(C)(C)CCC[C@]3(C)[C@H]1CS2(=O)=O. The van der Waals surface area contributed by atoms with Crippen LogP contribution < -0.4 is 0 Å². The standard InChI is InChI=1S/C27H43NO5S/c1-25(2)8-6-9-26(3)21(25)7-10-27(4)22(26)17-34(30,31)24-18(16-28-11-13-33-14-12-28)19(29)15-20(32-5)23(24)27/h15,21-24,29H,6-14,16-17H2,1-5H3/t21-,22+,23?,24?,26-,27+/m0/s1. The van der Waals surface area contributed by atoms with Gasteiger partial charge in [0, 0.05) is 37.2 Å². The van der Waals surface area contributed by atoms with E-state index in [2.05, 4.69) is 32.6 Å². The summed E-state index contributed by atoms with van der Waals surface area (Å²) >= 11 is 0. The van der Waals surface area contributed by atoms with Crippen LogP contribution in [0.1, 0.15) is 59.8 Å². The van der Waals surface area contributed by atoms with Crippen molar-refractivity contribution in [2.45, 2.75) is 65.0 Å². The number of methoxy groups -OCH3 is 1. The molecule has 0 aromatic rings. The number of aliphatic hydroxyl groups is 1. The molecule has 2 aliphatic heterocycles. The Balaban J connectivity index is 1.59. The van der Waals surface area contributed by atoms with E-state index >= 15 is 0 Å². The lowest BCUT2D eigenvalue weighted by atomic mass is 9.41. The lowest BCUT2D eigenvalue weighted by Crippen LogP contribution is -2.65. The molecule has 2 saturated carbocycles. The molecule has 6 nitrogen and oxygen atoms in total. The van der Waals surface area contributed by atoms with Crippen molar-refractivity contribution in [2.24, 2.45) is 34.0 Å². The molecule has 0 bridgehead atoms. The monoisotopic (exact) mass is 493 g/mol. The second-order valence-corrected chi connectivity index (χ2v) is 14.9. The average molecular weight is 494 g/mol. The molecule has 6 atom stereocenters. The molecule has 1 N–H and O–H groups in total. The maximum Gasteiger partial charge on any atom is 0.158 e. The summed E-state index contributed by atoms with van der Waals surface area (Å²) in [5.41, 5.74) is 0.706. The number of hydrogen-bond donors (Lipinski definition) is 1. The molecule has 0 amide bonds. The number of hydrogen-bond acceptors (Lipinski definition) is 6. The largest absolute Gasteiger partial charge is 0.508 e. The molecule has 7 heteroatoms. The van der Waals surface area contributed by atoms with E-state index in [4.69, 9.17) is 9.47 Å². The molecule has 0 aromatic heterocycles. The molecule has 34 heavy (non-hydrogen) atoms. The first-order valence-corrected chi connectivity index (χ1v) is 14.8. The molecule has 5 rings (SSSR count). The Morgan fingerprint density at radius 1 is 1.09 bits per heavy atom. The Hall–Kier alpha value is -1.05. The maximum absolute atomic E-state index is 14.2. The number of aliphatic hydroxyl groups excluding tert-OH is 1. The van der Waals surface area contributed by atoms with Gasteiger partial charge in [0.15, 0.2) is 9.84 Å². The van der Waals surface area contributed by atoms with Crippen molar-refractivity contribution in [3.8, 4) is 0 Å². The number of allylic oxidation sites excluding steroid dienone is 2. The van der Waals surface area contributed by atoms with E-state index in [9.17, 15) is 13.5 Å². The summed E-state index contributed by atoms with van der Waals surface area (Å²) in [4.78, 5) is 2.21. The van der Waals surface area contributed by atoms with Crippen LogP contribution in [-0.2, 0) is 19.3 Å². The Morgan fingerprint density at radius 3 is 2.47 bits per heavy atom. The molecular formula is C27H43NO5S. The number of rotatable bonds is 3. The first kappa shape index (κ1) is 24.6. The van der Waals surface area contributed by atoms with Gasteiger partial charge in [0.05, 0.1) is 31.3 Å². The second kappa shape index (κ2) is 8.24. The van der Waals surface area contributed by atoms with Gasteiger partial charge in [-0.3, -0.25) is 4.90 Å². The fourth-order valence-electron chi connectivity index (χ4n) is 9.04. The number of fused-ring (bicyclic) bond motifs is 5. The summed E-state index contributed by atoms with van der Waals surface area (Å²) in [6, 6.07) is 0. The molecular weight excluding hydrogens is 450 g/mol. The number of nitrogens with zero attached hydrogens (tertiary/aromatic N) is 1. The van der Waals surface area contributed by atoms with Gasteiger partial charge in [-0.25, -0.2) is 8.42 Å². The van der Waals surface area contributed by atoms with Crippen molar-refractivity contribution in [3.63, 3.8) is 0 Å². The molecule has 0 spiro atoms. The third kappa shape index (κ3) is 3.59. The molecule has 0 radical (unpaired) electrons. The Labute approximate surface area is 205 Å². The Kier molecular flexibility index (Phi) is 5.97. The van der Waals surface area contributed by atoms with Crippen LogP contribution in [0.5, 0.6) is 0 Å². The minimum atomic E-state index is -3.49. The van der Waals surface area contributed by atoms with E-state index < -0.39 is 15.1 Å². The molecule has 3 aliphatic carbocycles. The number of sulfone groups is 1. The molecule has 4 fully saturated rings. The van der Waals surface area contributed by atoms with Gasteiger partial charge in [-0.1, -0.05) is 34.1 Å². The minimum absolute atomic E-state index is 0.000774. The first-order chi connectivity index (χ1) is 15.9. The summed E-state index contributed by atoms with van der Waals surface area (Å²) in [5, 5.41) is 10.3. The van der Waals surface area contributed by atoms with E-state index in [0.717, 1.165) is 38.8 Å². The van der Waals surface area contributed by atoms with Crippen molar-refractivity contribution in [3.05, 3.63) is 23.2 Å². The topological polar surface area (TPSA) is 76.1 Å². The Bertz CT molecular complexity index is 994. The molecule has 2 heterocycles. The van der Waals surface area contributed by atoms with Gasteiger partial charge in [0.25, 0.3) is 0 Å². The third-order valence-electron chi connectivity index (χ3n) is 10.6. The Morgan fingerprint density at radius 2 is 1.79 bits per heavy atom. The van der Waals surface area contributed by atoms with Gasteiger partial charge >= 0.3 is 0 Å². The minimum Gasteiger partial charge on any atom is -0.508 e. The smallest absolute Gasteiger partial charge is 0.158 e. The summed E-state index contributed by atoms with van der Waals surface area (Å²) < 4.78 is 39.7. The van der Waals surface area contributed by atoms with Crippen LogP contribution in [0, 0.1) is 34.0 Å². The quantitative estimate of drug-likeness (QED) is 0.630. The van der Waals surface area contributed by atoms with E-state index in [1.807, 2.05) is 0 Å². The average Bonchev–Trinajstić information content (AvgIpc) is 2.76. The predicted molar refractivity (Wildman–Crippen MR) is 133 cm³/mol. The molecule has 192 valence electrons. The van der Waals surface area contributed by atoms with Gasteiger partial charge in [0.1, 0.15) is 11.5 Å². The summed E-state index contributed by atoms with van der Waals surface area (Å²) in [6.45, 7) is 12.8. The van der Waals surface area contributed by atoms with Crippen LogP contribution in [0.4, 0.5) is 0 Å². The third-order valence-corrected chi connectivity index (χ3v) is 12.8. The fraction of sp³-hybridized carbons (Fsp3) is 0.852. The van der Waals surface area contributed by atoms with Crippen LogP contribution in [0.3, 0.4) is 0 Å². The highest BCUT2D eigenvalue weighted by Gasteiger charge is 2.67. The predicted octanol–water partition coefficient (Wildman–Crippen LogP) is 4.34. The van der Waals surface area contributed by atoms with Crippen LogP contribution in [-0.4, -0.2) is 69.4 Å². The highest BCUT2D eigenvalue weighted by molar-refractivity contribution is 7.92. The lowest BCUT2D eigenvalue weighted by molar-refractivity contribution is -0.141. The molecule has 0 aromatic carbocycles. The fourth-order valence-corrected chi connectivity index (χ4v) is 12.0. The summed E-state index contributed by atoms with van der Waals surface area (Å²) in [5.74, 6) is 1.30. The summed E-state index contributed by atoms with van der Waals surface area (Å²) in [7, 11) is -1.87. The van der Waals surface area contributed by atoms with Crippen LogP contribution in [0.25, 0.3) is 0 Å². The van der Waals surface area contributed by atoms with E-state index in [-0.39, 0.29) is 39.6 Å². The van der Waals surface area contributed by atoms with E-state index in [1.165, 1.54) is 6.42 Å². The number of ether oxygens (including phenoxy) is 2. The summed E-state index contributed by atoms with van der Waals surface area (Å²) in [6.07, 6.45) is 7.34. The van der Waals surface area contributed by atoms with Crippen LogP contribution >= 0.6 is 0 Å². The van der Waals surface area contributed by atoms with Gasteiger partial charge in [-0.15, -0.1) is 0 Å². The first-order valence-electron chi connectivity index (χ1n) is 13.1. The van der Waals surface area contributed by atoms with Crippen molar-refractivity contribution in [2.75, 3.05) is 45.7 Å². The van der Waals surface area contributed by atoms with Gasteiger partial charge < -0.3 is 14.6 Å². The second-order valence-electron chi connectivity index (χ2n) is 12.8. The van der Waals surface area contributed by atoms with Gasteiger partial charge in [-0.2, -0.15) is 0 Å². The zero-order valence-electron chi connectivity index (χ0n) is 21.6. The van der Waals surface area contributed by atoms with Crippen LogP contribution in [0.2, 0.25) is 0 Å². The molecule has 2 saturated heterocycles. The highest BCUT2D eigenvalue weighted by Crippen LogP contribution is 2.69. The van der Waals surface area contributed by atoms with Crippen molar-refractivity contribution < 1.29 is 23.0 Å². The van der Waals surface area contributed by atoms with Crippen molar-refractivity contribution in [1.29, 1.82) is 0 Å². The zero-order valence-corrected chi connectivity index (χ0v) is 22.4. The molecule has 2 unspecified atom stereocenters. The van der Waals surface area contributed by atoms with Gasteiger partial charge in [-0.05, 0) is 53.8 Å². The highest BCUT2D eigenvalue weighted by atomic mass is 32.2.